The highest BCUT2D eigenvalue weighted by Crippen LogP contribution is 2.43. The molecule has 7 nitrogen and oxygen atoms in total. The standard InChI is InChI=1S/C20H30N2O5/c1-3-11(2)20(26)27-12-6-7-21-9-13-15-4-5-17(23)19(25)22(15)10-14(18(13)24)16(21)8-12/h3,12-18,23-24H,4-10H2,1-2H3/b11-3-/t12-,13-,14-,15+,16-,17-,18+/m0/s1. The summed E-state index contributed by atoms with van der Waals surface area (Å²) in [5, 5.41) is 20.9. The van der Waals surface area contributed by atoms with Crippen LogP contribution in [-0.4, -0.2) is 81.9 Å². The van der Waals surface area contributed by atoms with E-state index in [0.29, 0.717) is 25.0 Å². The lowest BCUT2D eigenvalue weighted by atomic mass is 9.68. The molecule has 0 saturated carbocycles. The lowest BCUT2D eigenvalue weighted by molar-refractivity contribution is -0.183. The van der Waals surface area contributed by atoms with Crippen LogP contribution in [-0.2, 0) is 14.3 Å². The summed E-state index contributed by atoms with van der Waals surface area (Å²) < 4.78 is 5.67. The predicted octanol–water partition coefficient (Wildman–Crippen LogP) is 0.301. The SMILES string of the molecule is C/C=C(/C)C(=O)O[C@H]1CCN2C[C@@H]3[C@@H](O)[C@@H](CN4C(=O)[C@@H](O)CC[C@H]34)[C@@H]2C1. The van der Waals surface area contributed by atoms with Crippen molar-refractivity contribution in [2.75, 3.05) is 19.6 Å². The van der Waals surface area contributed by atoms with Crippen LogP contribution in [0.5, 0.6) is 0 Å². The highest BCUT2D eigenvalue weighted by Gasteiger charge is 2.55. The lowest BCUT2D eigenvalue weighted by Gasteiger charge is -2.59. The fraction of sp³-hybridized carbons (Fsp3) is 0.800. The number of carbonyl (C=O) groups excluding carboxylic acids is 2. The van der Waals surface area contributed by atoms with Gasteiger partial charge < -0.3 is 19.8 Å². The largest absolute Gasteiger partial charge is 0.459 e. The summed E-state index contributed by atoms with van der Waals surface area (Å²) in [6.45, 7) is 5.66. The Balaban J connectivity index is 1.50. The molecular weight excluding hydrogens is 348 g/mol. The number of fused-ring (bicyclic) bond motifs is 6. The molecule has 0 aliphatic carbocycles. The number of carbonyl (C=O) groups is 2. The molecule has 4 rings (SSSR count). The summed E-state index contributed by atoms with van der Waals surface area (Å²) in [4.78, 5) is 28.8. The predicted molar refractivity (Wildman–Crippen MR) is 97.6 cm³/mol. The number of esters is 1. The Kier molecular flexibility index (Phi) is 5.03. The minimum absolute atomic E-state index is 0.0287. The lowest BCUT2D eigenvalue weighted by Crippen LogP contribution is -2.71. The number of hydrogen-bond acceptors (Lipinski definition) is 6. The van der Waals surface area contributed by atoms with E-state index < -0.39 is 12.2 Å². The minimum atomic E-state index is -0.905. The van der Waals surface area contributed by atoms with Crippen LogP contribution in [0.1, 0.15) is 39.5 Å². The van der Waals surface area contributed by atoms with Crippen LogP contribution < -0.4 is 0 Å². The third-order valence-corrected chi connectivity index (χ3v) is 7.16. The second kappa shape index (κ2) is 7.18. The van der Waals surface area contributed by atoms with E-state index in [1.807, 2.05) is 11.8 Å². The molecule has 4 fully saturated rings. The van der Waals surface area contributed by atoms with E-state index in [4.69, 9.17) is 4.74 Å². The maximum Gasteiger partial charge on any atom is 0.333 e. The van der Waals surface area contributed by atoms with Crippen LogP contribution in [0.15, 0.2) is 11.6 Å². The Morgan fingerprint density at radius 2 is 1.89 bits per heavy atom. The molecule has 0 spiro atoms. The van der Waals surface area contributed by atoms with Crippen LogP contribution in [0.4, 0.5) is 0 Å². The summed E-state index contributed by atoms with van der Waals surface area (Å²) in [5.41, 5.74) is 0.606. The fourth-order valence-corrected chi connectivity index (χ4v) is 5.52. The van der Waals surface area contributed by atoms with Crippen molar-refractivity contribution >= 4 is 11.9 Å². The number of allylic oxidation sites excluding steroid dienone is 1. The van der Waals surface area contributed by atoms with E-state index in [1.165, 1.54) is 0 Å². The zero-order chi connectivity index (χ0) is 19.3. The van der Waals surface area contributed by atoms with Crippen molar-refractivity contribution in [2.24, 2.45) is 11.8 Å². The Labute approximate surface area is 160 Å². The molecule has 0 radical (unpaired) electrons. The van der Waals surface area contributed by atoms with Gasteiger partial charge in [-0.05, 0) is 33.1 Å². The first-order valence-electron chi connectivity index (χ1n) is 10.1. The summed E-state index contributed by atoms with van der Waals surface area (Å²) in [6.07, 6.45) is 2.98. The van der Waals surface area contributed by atoms with Gasteiger partial charge in [-0.2, -0.15) is 0 Å². The third-order valence-electron chi connectivity index (χ3n) is 7.16. The summed E-state index contributed by atoms with van der Waals surface area (Å²) in [7, 11) is 0. The van der Waals surface area contributed by atoms with Crippen molar-refractivity contribution in [1.82, 2.24) is 9.80 Å². The highest BCUT2D eigenvalue weighted by molar-refractivity contribution is 5.87. The first kappa shape index (κ1) is 18.9. The van der Waals surface area contributed by atoms with Gasteiger partial charge >= 0.3 is 5.97 Å². The molecule has 0 unspecified atom stereocenters. The van der Waals surface area contributed by atoms with Gasteiger partial charge in [0.25, 0.3) is 5.91 Å². The molecule has 27 heavy (non-hydrogen) atoms. The zero-order valence-electron chi connectivity index (χ0n) is 16.1. The Bertz CT molecular complexity index is 650. The number of amides is 1. The normalized spacial score (nSPS) is 42.4. The number of aliphatic hydroxyl groups excluding tert-OH is 2. The van der Waals surface area contributed by atoms with E-state index in [-0.39, 0.29) is 41.9 Å². The van der Waals surface area contributed by atoms with Crippen LogP contribution in [0.3, 0.4) is 0 Å². The summed E-state index contributed by atoms with van der Waals surface area (Å²) >= 11 is 0. The smallest absolute Gasteiger partial charge is 0.333 e. The molecule has 4 heterocycles. The van der Waals surface area contributed by atoms with Gasteiger partial charge in [-0.1, -0.05) is 6.08 Å². The Morgan fingerprint density at radius 1 is 1.15 bits per heavy atom. The second-order valence-electron chi connectivity index (χ2n) is 8.56. The first-order valence-corrected chi connectivity index (χ1v) is 10.1. The van der Waals surface area contributed by atoms with Crippen molar-refractivity contribution in [2.45, 2.75) is 69.9 Å². The molecule has 1 amide bonds. The minimum Gasteiger partial charge on any atom is -0.459 e. The van der Waals surface area contributed by atoms with Crippen LogP contribution in [0.2, 0.25) is 0 Å². The molecule has 2 bridgehead atoms. The van der Waals surface area contributed by atoms with E-state index in [2.05, 4.69) is 4.90 Å². The molecule has 2 N–H and O–H groups in total. The van der Waals surface area contributed by atoms with E-state index in [0.717, 1.165) is 25.9 Å². The van der Waals surface area contributed by atoms with Gasteiger partial charge in [0, 0.05) is 55.5 Å². The molecule has 0 aromatic rings. The maximum absolute atomic E-state index is 12.5. The van der Waals surface area contributed by atoms with E-state index in [1.54, 1.807) is 13.0 Å². The Hall–Kier alpha value is -1.44. The van der Waals surface area contributed by atoms with Gasteiger partial charge in [0.15, 0.2) is 0 Å². The monoisotopic (exact) mass is 378 g/mol. The maximum atomic E-state index is 12.5. The van der Waals surface area contributed by atoms with Crippen LogP contribution >= 0.6 is 0 Å². The van der Waals surface area contributed by atoms with Gasteiger partial charge in [-0.3, -0.25) is 9.69 Å². The van der Waals surface area contributed by atoms with Crippen LogP contribution in [0.25, 0.3) is 0 Å². The fourth-order valence-electron chi connectivity index (χ4n) is 5.52. The molecule has 7 atom stereocenters. The average molecular weight is 378 g/mol. The van der Waals surface area contributed by atoms with Crippen molar-refractivity contribution in [1.29, 1.82) is 0 Å². The number of nitrogens with zero attached hydrogens (tertiary/aromatic N) is 2. The van der Waals surface area contributed by atoms with E-state index in [9.17, 15) is 19.8 Å². The zero-order valence-corrected chi connectivity index (χ0v) is 16.1. The molecular formula is C20H30N2O5. The van der Waals surface area contributed by atoms with Gasteiger partial charge in [0.05, 0.1) is 6.10 Å². The van der Waals surface area contributed by atoms with Crippen molar-refractivity contribution in [3.63, 3.8) is 0 Å². The van der Waals surface area contributed by atoms with Gasteiger partial charge in [-0.15, -0.1) is 0 Å². The molecule has 4 aliphatic rings. The van der Waals surface area contributed by atoms with Gasteiger partial charge in [-0.25, -0.2) is 4.79 Å². The number of ether oxygens (including phenoxy) is 1. The average Bonchev–Trinajstić information content (AvgIpc) is 2.65. The molecule has 4 aliphatic heterocycles. The molecule has 4 saturated heterocycles. The summed E-state index contributed by atoms with van der Waals surface area (Å²) in [5.74, 6) is -0.480. The van der Waals surface area contributed by atoms with Crippen LogP contribution in [0, 0.1) is 11.8 Å². The Morgan fingerprint density at radius 3 is 2.63 bits per heavy atom. The van der Waals surface area contributed by atoms with E-state index >= 15 is 0 Å². The number of aliphatic hydroxyl groups is 2. The first-order chi connectivity index (χ1) is 12.9. The second-order valence-corrected chi connectivity index (χ2v) is 8.56. The van der Waals surface area contributed by atoms with Crippen molar-refractivity contribution < 1.29 is 24.5 Å². The summed E-state index contributed by atoms with van der Waals surface area (Å²) in [6, 6.07) is 0.127. The number of rotatable bonds is 2. The van der Waals surface area contributed by atoms with Gasteiger partial charge in [0.2, 0.25) is 0 Å². The number of piperidine rings is 4. The molecule has 0 aromatic carbocycles. The third kappa shape index (κ3) is 3.19. The molecule has 7 heteroatoms. The highest BCUT2D eigenvalue weighted by atomic mass is 16.5. The number of hydrogen-bond donors (Lipinski definition) is 2. The topological polar surface area (TPSA) is 90.3 Å². The molecule has 150 valence electrons. The quantitative estimate of drug-likeness (QED) is 0.531. The van der Waals surface area contributed by atoms with Crippen molar-refractivity contribution in [3.8, 4) is 0 Å². The molecule has 0 aromatic heterocycles. The van der Waals surface area contributed by atoms with Crippen molar-refractivity contribution in [3.05, 3.63) is 11.6 Å². The van der Waals surface area contributed by atoms with Gasteiger partial charge in [0.1, 0.15) is 12.2 Å².